The lowest BCUT2D eigenvalue weighted by molar-refractivity contribution is -0.274. The summed E-state index contributed by atoms with van der Waals surface area (Å²) in [6.45, 7) is 3.63. The molecule has 11 heteroatoms. The summed E-state index contributed by atoms with van der Waals surface area (Å²) in [4.78, 5) is 29.5. The molecule has 0 saturated heterocycles. The van der Waals surface area contributed by atoms with E-state index in [9.17, 15) is 22.8 Å². The number of halogens is 3. The zero-order valence-corrected chi connectivity index (χ0v) is 17.6. The molecule has 2 heterocycles. The van der Waals surface area contributed by atoms with Crippen molar-refractivity contribution in [3.8, 4) is 11.4 Å². The topological polar surface area (TPSA) is 91.0 Å². The molecule has 2 aromatic heterocycles. The van der Waals surface area contributed by atoms with E-state index in [1.54, 1.807) is 4.68 Å². The molecule has 4 rings (SSSR count). The number of rotatable bonds is 5. The van der Waals surface area contributed by atoms with Crippen LogP contribution in [-0.4, -0.2) is 31.6 Å². The van der Waals surface area contributed by atoms with Gasteiger partial charge in [-0.15, -0.1) is 13.2 Å². The van der Waals surface area contributed by atoms with Crippen molar-refractivity contribution in [1.29, 1.82) is 0 Å². The molecule has 0 spiro atoms. The maximum atomic E-state index is 12.8. The number of anilines is 1. The molecule has 0 saturated carbocycles. The molecule has 1 amide bonds. The molecular weight excluding hydrogens is 439 g/mol. The van der Waals surface area contributed by atoms with Crippen molar-refractivity contribution in [2.24, 2.45) is 0 Å². The second-order valence-electron chi connectivity index (χ2n) is 7.36. The third-order valence-electron chi connectivity index (χ3n) is 4.98. The Labute approximate surface area is 185 Å². The van der Waals surface area contributed by atoms with Gasteiger partial charge in [0, 0.05) is 5.69 Å². The molecule has 1 N–H and O–H groups in total. The molecule has 4 aromatic rings. The highest BCUT2D eigenvalue weighted by Crippen LogP contribution is 2.24. The van der Waals surface area contributed by atoms with Gasteiger partial charge in [-0.05, 0) is 61.4 Å². The van der Waals surface area contributed by atoms with E-state index in [-0.39, 0.29) is 17.6 Å². The quantitative estimate of drug-likeness (QED) is 0.493. The van der Waals surface area contributed by atoms with Crippen molar-refractivity contribution in [1.82, 2.24) is 19.3 Å². The normalized spacial score (nSPS) is 11.5. The minimum Gasteiger partial charge on any atom is -0.406 e. The minimum atomic E-state index is -4.80. The number of carbonyl (C=O) groups excluding carboxylic acids is 1. The number of carbonyl (C=O) groups is 1. The van der Waals surface area contributed by atoms with E-state index >= 15 is 0 Å². The van der Waals surface area contributed by atoms with Crippen LogP contribution in [0.3, 0.4) is 0 Å². The van der Waals surface area contributed by atoms with Gasteiger partial charge in [0.2, 0.25) is 5.91 Å². The fourth-order valence-corrected chi connectivity index (χ4v) is 3.20. The third-order valence-corrected chi connectivity index (χ3v) is 4.98. The number of aryl methyl sites for hydroxylation is 2. The Bertz CT molecular complexity index is 1390. The predicted octanol–water partition coefficient (Wildman–Crippen LogP) is 3.74. The highest BCUT2D eigenvalue weighted by atomic mass is 19.4. The van der Waals surface area contributed by atoms with Crippen LogP contribution >= 0.6 is 0 Å². The van der Waals surface area contributed by atoms with Gasteiger partial charge in [0.25, 0.3) is 5.56 Å². The highest BCUT2D eigenvalue weighted by molar-refractivity contribution is 5.90. The smallest absolute Gasteiger partial charge is 0.406 e. The number of nitrogens with one attached hydrogen (secondary N) is 1. The molecule has 0 atom stereocenters. The molecule has 0 aliphatic heterocycles. The Morgan fingerprint density at radius 3 is 2.48 bits per heavy atom. The van der Waals surface area contributed by atoms with E-state index in [0.717, 1.165) is 33.5 Å². The first-order valence-electron chi connectivity index (χ1n) is 9.77. The van der Waals surface area contributed by atoms with Crippen molar-refractivity contribution < 1.29 is 22.7 Å². The fourth-order valence-electron chi connectivity index (χ4n) is 3.20. The first-order chi connectivity index (χ1) is 15.6. The Hall–Kier alpha value is -4.15. The Kier molecular flexibility index (Phi) is 5.62. The monoisotopic (exact) mass is 457 g/mol. The summed E-state index contributed by atoms with van der Waals surface area (Å²) in [5.41, 5.74) is 3.12. The Morgan fingerprint density at radius 1 is 1.09 bits per heavy atom. The number of hydrogen-bond acceptors (Lipinski definition) is 5. The van der Waals surface area contributed by atoms with E-state index in [0.29, 0.717) is 5.65 Å². The Morgan fingerprint density at radius 2 is 1.82 bits per heavy atom. The molecule has 0 bridgehead atoms. The molecule has 0 aliphatic rings. The number of amides is 1. The van der Waals surface area contributed by atoms with Crippen LogP contribution in [0.15, 0.2) is 59.8 Å². The number of benzene rings is 2. The molecule has 170 valence electrons. The molecule has 0 unspecified atom stereocenters. The van der Waals surface area contributed by atoms with Gasteiger partial charge < -0.3 is 10.1 Å². The van der Waals surface area contributed by atoms with E-state index < -0.39 is 23.6 Å². The maximum absolute atomic E-state index is 12.8. The summed E-state index contributed by atoms with van der Waals surface area (Å²) in [6, 6.07) is 10.4. The van der Waals surface area contributed by atoms with Gasteiger partial charge in [0.1, 0.15) is 24.0 Å². The van der Waals surface area contributed by atoms with Crippen LogP contribution in [0.25, 0.3) is 16.7 Å². The van der Waals surface area contributed by atoms with E-state index in [2.05, 4.69) is 20.1 Å². The van der Waals surface area contributed by atoms with Gasteiger partial charge in [-0.25, -0.2) is 9.67 Å². The third kappa shape index (κ3) is 4.86. The average molecular weight is 457 g/mol. The number of nitrogens with zero attached hydrogens (tertiary/aromatic N) is 4. The second kappa shape index (κ2) is 8.41. The fraction of sp³-hybridized carbons (Fsp3) is 0.182. The summed E-state index contributed by atoms with van der Waals surface area (Å²) in [5, 5.41) is 7.03. The summed E-state index contributed by atoms with van der Waals surface area (Å²) in [5.74, 6) is -0.962. The summed E-state index contributed by atoms with van der Waals surface area (Å²) < 4.78 is 43.2. The van der Waals surface area contributed by atoms with Crippen LogP contribution in [0.2, 0.25) is 0 Å². The predicted molar refractivity (Wildman–Crippen MR) is 114 cm³/mol. The molecule has 2 aromatic carbocycles. The number of aromatic nitrogens is 4. The maximum Gasteiger partial charge on any atom is 0.573 e. The number of alkyl halides is 3. The van der Waals surface area contributed by atoms with Crippen LogP contribution in [0.1, 0.15) is 11.1 Å². The van der Waals surface area contributed by atoms with Crippen LogP contribution < -0.4 is 15.6 Å². The molecule has 33 heavy (non-hydrogen) atoms. The van der Waals surface area contributed by atoms with Gasteiger partial charge >= 0.3 is 6.36 Å². The van der Waals surface area contributed by atoms with Crippen molar-refractivity contribution in [3.05, 3.63) is 76.5 Å². The summed E-state index contributed by atoms with van der Waals surface area (Å²) >= 11 is 0. The van der Waals surface area contributed by atoms with Gasteiger partial charge in [-0.1, -0.05) is 6.07 Å². The molecular formula is C22H18F3N5O3. The van der Waals surface area contributed by atoms with Crippen LogP contribution in [0.5, 0.6) is 5.75 Å². The molecule has 8 nitrogen and oxygen atoms in total. The van der Waals surface area contributed by atoms with Crippen molar-refractivity contribution >= 4 is 22.6 Å². The molecule has 0 radical (unpaired) electrons. The molecule has 0 aliphatic carbocycles. The SMILES string of the molecule is Cc1ccc(-n2ncc3c(=O)n(CC(=O)Nc4ccc(OC(F)(F)F)cc4)cnc32)cc1C. The van der Waals surface area contributed by atoms with Crippen molar-refractivity contribution in [2.45, 2.75) is 26.8 Å². The van der Waals surface area contributed by atoms with Crippen molar-refractivity contribution in [2.75, 3.05) is 5.32 Å². The lowest BCUT2D eigenvalue weighted by Crippen LogP contribution is -2.27. The van der Waals surface area contributed by atoms with Crippen LogP contribution in [-0.2, 0) is 11.3 Å². The van der Waals surface area contributed by atoms with Crippen LogP contribution in [0.4, 0.5) is 18.9 Å². The molecule has 0 fully saturated rings. The second-order valence-corrected chi connectivity index (χ2v) is 7.36. The van der Waals surface area contributed by atoms with Gasteiger partial charge in [0.15, 0.2) is 5.65 Å². The van der Waals surface area contributed by atoms with E-state index in [1.807, 2.05) is 32.0 Å². The number of ether oxygens (including phenoxy) is 1. The first kappa shape index (κ1) is 22.1. The van der Waals surface area contributed by atoms with Gasteiger partial charge in [-0.2, -0.15) is 5.10 Å². The summed E-state index contributed by atoms with van der Waals surface area (Å²) in [7, 11) is 0. The lowest BCUT2D eigenvalue weighted by atomic mass is 10.1. The largest absolute Gasteiger partial charge is 0.573 e. The number of hydrogen-bond donors (Lipinski definition) is 1. The first-order valence-corrected chi connectivity index (χ1v) is 9.77. The zero-order chi connectivity index (χ0) is 23.8. The van der Waals surface area contributed by atoms with E-state index in [1.165, 1.54) is 24.7 Å². The van der Waals surface area contributed by atoms with E-state index in [4.69, 9.17) is 0 Å². The zero-order valence-electron chi connectivity index (χ0n) is 17.6. The standard InChI is InChI=1S/C22H18F3N5O3/c1-13-3-6-16(9-14(13)2)30-20-18(10-27-30)21(32)29(12-26-20)11-19(31)28-15-4-7-17(8-5-15)33-22(23,24)25/h3-10,12H,11H2,1-2H3,(H,28,31). The summed E-state index contributed by atoms with van der Waals surface area (Å²) in [6.07, 6.45) is -2.15. The highest BCUT2D eigenvalue weighted by Gasteiger charge is 2.31. The van der Waals surface area contributed by atoms with Crippen LogP contribution in [0, 0.1) is 13.8 Å². The minimum absolute atomic E-state index is 0.247. The van der Waals surface area contributed by atoms with Gasteiger partial charge in [-0.3, -0.25) is 14.2 Å². The van der Waals surface area contributed by atoms with Gasteiger partial charge in [0.05, 0.1) is 11.9 Å². The Balaban J connectivity index is 1.51. The number of fused-ring (bicyclic) bond motifs is 1. The average Bonchev–Trinajstić information content (AvgIpc) is 3.17. The lowest BCUT2D eigenvalue weighted by Gasteiger charge is -2.10. The van der Waals surface area contributed by atoms with Crippen molar-refractivity contribution in [3.63, 3.8) is 0 Å².